The maximum Gasteiger partial charge on any atom is 0.305 e. The number of hydrogen-bond donors (Lipinski definition) is 3. The summed E-state index contributed by atoms with van der Waals surface area (Å²) >= 11 is 0. The average Bonchev–Trinajstić information content (AvgIpc) is 3.84. The summed E-state index contributed by atoms with van der Waals surface area (Å²) in [5, 5.41) is 1.68. The highest BCUT2D eigenvalue weighted by Gasteiger charge is 2.38. The van der Waals surface area contributed by atoms with Gasteiger partial charge in [0, 0.05) is 88.5 Å². The molecule has 0 spiro atoms. The Morgan fingerprint density at radius 3 is 2.52 bits per heavy atom. The number of carbonyl (C=O) groups excluding carboxylic acids is 2. The van der Waals surface area contributed by atoms with E-state index in [1.54, 1.807) is 12.4 Å². The molecule has 0 unspecified atom stereocenters. The molecular weight excluding hydrogens is 598 g/mol. The molecule has 7 rings (SSSR count). The summed E-state index contributed by atoms with van der Waals surface area (Å²) in [5.74, 6) is -0.221. The highest BCUT2D eigenvalue weighted by molar-refractivity contribution is 6.29. The number of rotatable bonds is 7. The van der Waals surface area contributed by atoms with Crippen molar-refractivity contribution < 1.29 is 14.3 Å². The molecule has 8 heteroatoms. The molecule has 0 saturated heterocycles. The van der Waals surface area contributed by atoms with E-state index in [-0.39, 0.29) is 36.4 Å². The van der Waals surface area contributed by atoms with Gasteiger partial charge in [0.2, 0.25) is 0 Å². The van der Waals surface area contributed by atoms with Crippen LogP contribution in [0.4, 0.5) is 0 Å². The van der Waals surface area contributed by atoms with Gasteiger partial charge in [0.15, 0.2) is 5.78 Å². The number of esters is 1. The molecule has 0 aromatic carbocycles. The second-order valence-electron chi connectivity index (χ2n) is 13.0. The van der Waals surface area contributed by atoms with Gasteiger partial charge in [0.25, 0.3) is 0 Å². The fraction of sp³-hybridized carbons (Fsp3) is 0.300. The lowest BCUT2D eigenvalue weighted by Gasteiger charge is -2.18. The summed E-state index contributed by atoms with van der Waals surface area (Å²) in [6, 6.07) is 3.89. The van der Waals surface area contributed by atoms with Gasteiger partial charge >= 0.3 is 5.97 Å². The third-order valence-electron chi connectivity index (χ3n) is 10.4. The molecule has 0 saturated carbocycles. The van der Waals surface area contributed by atoms with Gasteiger partial charge in [-0.25, -0.2) is 0 Å². The van der Waals surface area contributed by atoms with E-state index in [1.165, 1.54) is 18.2 Å². The molecular formula is C40H41N5O3. The van der Waals surface area contributed by atoms with E-state index >= 15 is 0 Å². The van der Waals surface area contributed by atoms with Gasteiger partial charge < -0.3 is 19.7 Å². The quantitative estimate of drug-likeness (QED) is 0.208. The predicted octanol–water partition coefficient (Wildman–Crippen LogP) is 6.23. The van der Waals surface area contributed by atoms with E-state index in [1.807, 2.05) is 30.4 Å². The van der Waals surface area contributed by atoms with E-state index in [4.69, 9.17) is 9.73 Å². The summed E-state index contributed by atoms with van der Waals surface area (Å²) in [6.07, 6.45) is 16.5. The first-order chi connectivity index (χ1) is 23.2. The standard InChI is InChI=1S/C40H41N5O3/c1-7-25-21(3)30-18-32-23(5)27(11-12-37(47)48-6)39(44-32)29-17-36(46)38-28(10-9-24-13-15-41-16-14-24)35(45-40(29)38)20-34-26(8-2)22(4)31(43-34)19-33(25)42-30/h7,9-10,13-16,18,20,23,27,42-43,45H,1,8,11-12,17,19H2,2-6H3/b10-9+,32-18?,35-20?/t23-,27-/m0/s1. The molecule has 244 valence electrons. The zero-order valence-electron chi connectivity index (χ0n) is 28.2. The first-order valence-corrected chi connectivity index (χ1v) is 16.7. The van der Waals surface area contributed by atoms with Gasteiger partial charge in [-0.15, -0.1) is 0 Å². The second kappa shape index (κ2) is 12.4. The number of nitrogens with zero attached hydrogens (tertiary/aromatic N) is 2. The predicted molar refractivity (Wildman–Crippen MR) is 192 cm³/mol. The zero-order chi connectivity index (χ0) is 33.7. The Hall–Kier alpha value is -5.24. The van der Waals surface area contributed by atoms with Crippen LogP contribution in [-0.2, 0) is 22.4 Å². The number of ketones is 1. The summed E-state index contributed by atoms with van der Waals surface area (Å²) in [7, 11) is 1.42. The topological polar surface area (TPSA) is 116 Å². The maximum absolute atomic E-state index is 14.0. The number of pyridine rings is 1. The molecule has 48 heavy (non-hydrogen) atoms. The van der Waals surface area contributed by atoms with Gasteiger partial charge in [0.05, 0.1) is 23.7 Å². The molecule has 2 atom stereocenters. The van der Waals surface area contributed by atoms with E-state index in [9.17, 15) is 9.59 Å². The summed E-state index contributed by atoms with van der Waals surface area (Å²) in [4.78, 5) is 46.9. The Kier molecular flexibility index (Phi) is 8.11. The maximum atomic E-state index is 14.0. The van der Waals surface area contributed by atoms with Crippen LogP contribution >= 0.6 is 0 Å². The van der Waals surface area contributed by atoms with Crippen molar-refractivity contribution in [2.24, 2.45) is 16.8 Å². The molecule has 6 heterocycles. The van der Waals surface area contributed by atoms with Gasteiger partial charge in [-0.3, -0.25) is 19.6 Å². The summed E-state index contributed by atoms with van der Waals surface area (Å²) in [5.41, 5.74) is 14.2. The van der Waals surface area contributed by atoms with Crippen LogP contribution in [0.25, 0.3) is 36.0 Å². The number of allylic oxidation sites excluding steroid dienone is 1. The van der Waals surface area contributed by atoms with E-state index < -0.39 is 0 Å². The number of nitrogens with one attached hydrogen (secondary N) is 3. The SMILES string of the molecule is C=Cc1c2[nH]c(c1C)C=C1N=C(C3=c4[nH]c(c(/C=C/c5ccncc5)c4C(=O)C3)=Cc3[nH]c(c(C)c3CC)C2)[C@@H](CCC(=O)OC)[C@@H]1C. The van der Waals surface area contributed by atoms with Crippen molar-refractivity contribution in [3.63, 3.8) is 0 Å². The fourth-order valence-electron chi connectivity index (χ4n) is 7.73. The van der Waals surface area contributed by atoms with Crippen LogP contribution in [0, 0.1) is 25.7 Å². The van der Waals surface area contributed by atoms with Crippen molar-refractivity contribution >= 4 is 53.4 Å². The van der Waals surface area contributed by atoms with Crippen molar-refractivity contribution in [2.45, 2.75) is 59.8 Å². The first kappa shape index (κ1) is 31.4. The second-order valence-corrected chi connectivity index (χ2v) is 13.0. The van der Waals surface area contributed by atoms with Crippen molar-refractivity contribution in [3.05, 3.63) is 109 Å². The minimum absolute atomic E-state index is 0.0253. The number of Topliss-reactive ketones (excluding diaryl/α,β-unsaturated/α-hetero) is 1. The molecule has 0 amide bonds. The van der Waals surface area contributed by atoms with Crippen LogP contribution in [0.2, 0.25) is 0 Å². The van der Waals surface area contributed by atoms with Gasteiger partial charge in [-0.2, -0.15) is 0 Å². The largest absolute Gasteiger partial charge is 0.469 e. The highest BCUT2D eigenvalue weighted by atomic mass is 16.5. The smallest absolute Gasteiger partial charge is 0.305 e. The normalized spacial score (nSPS) is 18.3. The molecule has 0 radical (unpaired) electrons. The Morgan fingerprint density at radius 2 is 1.79 bits per heavy atom. The third kappa shape index (κ3) is 5.25. The minimum atomic E-state index is -0.251. The first-order valence-electron chi connectivity index (χ1n) is 16.7. The van der Waals surface area contributed by atoms with E-state index in [2.05, 4.69) is 66.4 Å². The van der Waals surface area contributed by atoms with Gasteiger partial charge in [-0.05, 0) is 78.8 Å². The van der Waals surface area contributed by atoms with Crippen molar-refractivity contribution in [2.75, 3.05) is 7.11 Å². The van der Waals surface area contributed by atoms with Crippen LogP contribution in [0.5, 0.6) is 0 Å². The monoisotopic (exact) mass is 639 g/mol. The highest BCUT2D eigenvalue weighted by Crippen LogP contribution is 2.40. The van der Waals surface area contributed by atoms with E-state index in [0.29, 0.717) is 18.4 Å². The van der Waals surface area contributed by atoms with Crippen LogP contribution < -0.4 is 10.7 Å². The summed E-state index contributed by atoms with van der Waals surface area (Å²) < 4.78 is 5.02. The van der Waals surface area contributed by atoms with Gasteiger partial charge in [0.1, 0.15) is 0 Å². The molecule has 8 nitrogen and oxygen atoms in total. The van der Waals surface area contributed by atoms with Crippen LogP contribution in [0.1, 0.15) is 99.6 Å². The molecule has 0 fully saturated rings. The lowest BCUT2D eigenvalue weighted by Crippen LogP contribution is -2.23. The molecule has 4 aromatic heterocycles. The minimum Gasteiger partial charge on any atom is -0.469 e. The molecule has 3 aliphatic rings. The number of aromatic amines is 3. The Bertz CT molecular complexity index is 2200. The number of fused-ring (bicyclic) bond motifs is 7. The number of carbonyl (C=O) groups is 2. The number of aliphatic imine (C=N–C) groups is 1. The molecule has 2 aliphatic heterocycles. The Balaban J connectivity index is 1.53. The fourth-order valence-corrected chi connectivity index (χ4v) is 7.73. The van der Waals surface area contributed by atoms with Gasteiger partial charge in [-0.1, -0.05) is 38.7 Å². The number of hydrogen-bond acceptors (Lipinski definition) is 5. The number of aromatic nitrogens is 4. The van der Waals surface area contributed by atoms with Crippen LogP contribution in [0.3, 0.4) is 0 Å². The molecule has 4 aromatic rings. The number of ether oxygens (including phenoxy) is 1. The van der Waals surface area contributed by atoms with Crippen molar-refractivity contribution in [1.29, 1.82) is 0 Å². The third-order valence-corrected chi connectivity index (χ3v) is 10.4. The number of H-pyrrole nitrogens is 3. The number of methoxy groups -OCH3 is 1. The molecule has 1 aliphatic carbocycles. The van der Waals surface area contributed by atoms with Crippen molar-refractivity contribution in [3.8, 4) is 0 Å². The molecule has 8 bridgehead atoms. The van der Waals surface area contributed by atoms with Crippen molar-refractivity contribution in [1.82, 2.24) is 19.9 Å². The van der Waals surface area contributed by atoms with Crippen LogP contribution in [-0.4, -0.2) is 44.5 Å². The van der Waals surface area contributed by atoms with E-state index in [0.717, 1.165) is 79.1 Å². The average molecular weight is 640 g/mol. The summed E-state index contributed by atoms with van der Waals surface area (Å²) in [6.45, 7) is 12.8. The van der Waals surface area contributed by atoms with Crippen LogP contribution in [0.15, 0.2) is 41.8 Å². The molecule has 3 N–H and O–H groups in total. The Labute approximate surface area is 280 Å². The lowest BCUT2D eigenvalue weighted by molar-refractivity contribution is -0.140. The Morgan fingerprint density at radius 1 is 1.02 bits per heavy atom. The lowest BCUT2D eigenvalue weighted by atomic mass is 9.83. The zero-order valence-corrected chi connectivity index (χ0v) is 28.2.